The highest BCUT2D eigenvalue weighted by Gasteiger charge is 2.28. The van der Waals surface area contributed by atoms with Crippen LogP contribution in [0.2, 0.25) is 0 Å². The largest absolute Gasteiger partial charge is 0.426 e. The molecule has 0 aromatic heterocycles. The molecule has 0 amide bonds. The number of aryl methyl sites for hydroxylation is 1. The fraction of sp³-hybridized carbons (Fsp3) is 0.471. The minimum atomic E-state index is -0.255. The van der Waals surface area contributed by atoms with Gasteiger partial charge in [-0.1, -0.05) is 24.6 Å². The summed E-state index contributed by atoms with van der Waals surface area (Å²) < 4.78 is 5.28. The molecule has 2 atom stereocenters. The molecule has 0 saturated carbocycles. The normalized spacial score (nSPS) is 20.9. The van der Waals surface area contributed by atoms with Crippen LogP contribution in [0.5, 0.6) is 5.75 Å². The summed E-state index contributed by atoms with van der Waals surface area (Å²) in [5.41, 5.74) is 5.11. The van der Waals surface area contributed by atoms with Gasteiger partial charge in [-0.05, 0) is 55.9 Å². The Kier molecular flexibility index (Phi) is 3.79. The maximum absolute atomic E-state index is 11.1. The lowest BCUT2D eigenvalue weighted by atomic mass is 9.97. The minimum Gasteiger partial charge on any atom is -0.426 e. The smallest absolute Gasteiger partial charge is 0.308 e. The molecule has 0 N–H and O–H groups in total. The van der Waals surface area contributed by atoms with Gasteiger partial charge in [-0.15, -0.1) is 0 Å². The first kappa shape index (κ1) is 13.9. The van der Waals surface area contributed by atoms with E-state index in [2.05, 4.69) is 39.0 Å². The van der Waals surface area contributed by atoms with Crippen molar-refractivity contribution in [3.05, 3.63) is 40.5 Å². The van der Waals surface area contributed by atoms with Crippen LogP contribution in [0.3, 0.4) is 0 Å². The molecule has 1 aromatic carbocycles. The number of allylic oxidation sites excluding steroid dienone is 2. The second-order valence-corrected chi connectivity index (χ2v) is 5.83. The predicted octanol–water partition coefficient (Wildman–Crippen LogP) is 4.48. The summed E-state index contributed by atoms with van der Waals surface area (Å²) in [5.74, 6) is 1.47. The highest BCUT2D eigenvalue weighted by molar-refractivity contribution is 5.70. The zero-order chi connectivity index (χ0) is 14.2. The van der Waals surface area contributed by atoms with Crippen LogP contribution in [-0.4, -0.2) is 5.97 Å². The summed E-state index contributed by atoms with van der Waals surface area (Å²) in [7, 11) is 0. The standard InChI is InChI=1S/C17H22O2/c1-10(2)6-14-7-11(3)15-9-17(19-13(5)18)12(4)8-16(14)15/h6,8-9,11,14H,7H2,1-5H3/t11-,14+/m0/s1. The third-order valence-electron chi connectivity index (χ3n) is 3.71. The van der Waals surface area contributed by atoms with Gasteiger partial charge in [-0.3, -0.25) is 4.79 Å². The number of ether oxygens (including phenoxy) is 1. The van der Waals surface area contributed by atoms with E-state index in [9.17, 15) is 4.79 Å². The van der Waals surface area contributed by atoms with Crippen LogP contribution in [0.4, 0.5) is 0 Å². The molecule has 1 aromatic rings. The van der Waals surface area contributed by atoms with Gasteiger partial charge >= 0.3 is 5.97 Å². The quantitative estimate of drug-likeness (QED) is 0.444. The van der Waals surface area contributed by atoms with Crippen molar-refractivity contribution in [2.75, 3.05) is 0 Å². The fourth-order valence-corrected chi connectivity index (χ4v) is 2.93. The second-order valence-electron chi connectivity index (χ2n) is 5.83. The SMILES string of the molecule is CC(=O)Oc1cc2c(cc1C)[C@H](C=C(C)C)C[C@@H]2C. The van der Waals surface area contributed by atoms with Gasteiger partial charge in [0.05, 0.1) is 0 Å². The molecule has 2 heteroatoms. The summed E-state index contributed by atoms with van der Waals surface area (Å²) in [6.07, 6.45) is 3.48. The Morgan fingerprint density at radius 1 is 1.26 bits per heavy atom. The average Bonchev–Trinajstić information content (AvgIpc) is 2.55. The van der Waals surface area contributed by atoms with Crippen LogP contribution in [0.1, 0.15) is 62.6 Å². The predicted molar refractivity (Wildman–Crippen MR) is 77.7 cm³/mol. The fourth-order valence-electron chi connectivity index (χ4n) is 2.93. The van der Waals surface area contributed by atoms with Gasteiger partial charge in [-0.2, -0.15) is 0 Å². The van der Waals surface area contributed by atoms with Gasteiger partial charge in [0.2, 0.25) is 0 Å². The molecular weight excluding hydrogens is 236 g/mol. The summed E-state index contributed by atoms with van der Waals surface area (Å²) in [6, 6.07) is 4.23. The minimum absolute atomic E-state index is 0.255. The van der Waals surface area contributed by atoms with Gasteiger partial charge in [-0.25, -0.2) is 0 Å². The van der Waals surface area contributed by atoms with Crippen molar-refractivity contribution in [1.29, 1.82) is 0 Å². The van der Waals surface area contributed by atoms with E-state index in [-0.39, 0.29) is 5.97 Å². The van der Waals surface area contributed by atoms with Crippen LogP contribution in [0.15, 0.2) is 23.8 Å². The monoisotopic (exact) mass is 258 g/mol. The summed E-state index contributed by atoms with van der Waals surface area (Å²) >= 11 is 0. The van der Waals surface area contributed by atoms with Crippen molar-refractivity contribution >= 4 is 5.97 Å². The van der Waals surface area contributed by atoms with E-state index in [1.54, 1.807) is 0 Å². The Bertz CT molecular complexity index is 536. The molecule has 0 bridgehead atoms. The topological polar surface area (TPSA) is 26.3 Å². The van der Waals surface area contributed by atoms with E-state index in [4.69, 9.17) is 4.74 Å². The molecule has 1 aliphatic carbocycles. The van der Waals surface area contributed by atoms with Crippen LogP contribution in [0, 0.1) is 6.92 Å². The maximum atomic E-state index is 11.1. The molecular formula is C17H22O2. The molecule has 2 rings (SSSR count). The summed E-state index contributed by atoms with van der Waals surface area (Å²) in [5, 5.41) is 0. The van der Waals surface area contributed by atoms with E-state index < -0.39 is 0 Å². The summed E-state index contributed by atoms with van der Waals surface area (Å²) in [6.45, 7) is 9.97. The zero-order valence-corrected chi connectivity index (χ0v) is 12.4. The number of esters is 1. The highest BCUT2D eigenvalue weighted by atomic mass is 16.5. The number of carbonyl (C=O) groups excluding carboxylic acids is 1. The van der Waals surface area contributed by atoms with Crippen molar-refractivity contribution < 1.29 is 9.53 Å². The first-order valence-corrected chi connectivity index (χ1v) is 6.86. The van der Waals surface area contributed by atoms with E-state index in [0.29, 0.717) is 17.6 Å². The van der Waals surface area contributed by atoms with Gasteiger partial charge in [0.25, 0.3) is 0 Å². The molecule has 0 saturated heterocycles. The number of hydrogen-bond donors (Lipinski definition) is 0. The number of fused-ring (bicyclic) bond motifs is 1. The average molecular weight is 258 g/mol. The highest BCUT2D eigenvalue weighted by Crippen LogP contribution is 2.45. The van der Waals surface area contributed by atoms with Gasteiger partial charge in [0.1, 0.15) is 5.75 Å². The number of rotatable bonds is 2. The molecule has 0 fully saturated rings. The van der Waals surface area contributed by atoms with Crippen LogP contribution in [0.25, 0.3) is 0 Å². The van der Waals surface area contributed by atoms with E-state index in [1.807, 2.05) is 6.92 Å². The zero-order valence-electron chi connectivity index (χ0n) is 12.4. The maximum Gasteiger partial charge on any atom is 0.308 e. The molecule has 0 radical (unpaired) electrons. The van der Waals surface area contributed by atoms with E-state index in [1.165, 1.54) is 23.6 Å². The molecule has 2 nitrogen and oxygen atoms in total. The lowest BCUT2D eigenvalue weighted by Gasteiger charge is -2.12. The van der Waals surface area contributed by atoms with Crippen LogP contribution in [-0.2, 0) is 4.79 Å². The van der Waals surface area contributed by atoms with Crippen molar-refractivity contribution in [2.24, 2.45) is 0 Å². The van der Waals surface area contributed by atoms with Gasteiger partial charge < -0.3 is 4.74 Å². The molecule has 1 aliphatic rings. The molecule has 0 heterocycles. The Morgan fingerprint density at radius 3 is 2.53 bits per heavy atom. The van der Waals surface area contributed by atoms with Crippen molar-refractivity contribution in [3.63, 3.8) is 0 Å². The number of benzene rings is 1. The molecule has 0 aliphatic heterocycles. The Hall–Kier alpha value is -1.57. The van der Waals surface area contributed by atoms with Gasteiger partial charge in [0.15, 0.2) is 0 Å². The Morgan fingerprint density at radius 2 is 1.95 bits per heavy atom. The Labute approximate surface area is 115 Å². The molecule has 0 spiro atoms. The first-order chi connectivity index (χ1) is 8.88. The number of carbonyl (C=O) groups is 1. The van der Waals surface area contributed by atoms with E-state index >= 15 is 0 Å². The molecule has 102 valence electrons. The van der Waals surface area contributed by atoms with Crippen LogP contribution >= 0.6 is 0 Å². The van der Waals surface area contributed by atoms with Crippen molar-refractivity contribution in [1.82, 2.24) is 0 Å². The van der Waals surface area contributed by atoms with E-state index in [0.717, 1.165) is 12.0 Å². The van der Waals surface area contributed by atoms with Crippen molar-refractivity contribution in [3.8, 4) is 5.75 Å². The first-order valence-electron chi connectivity index (χ1n) is 6.86. The third kappa shape index (κ3) is 2.89. The van der Waals surface area contributed by atoms with Gasteiger partial charge in [0, 0.05) is 12.8 Å². The molecule has 19 heavy (non-hydrogen) atoms. The van der Waals surface area contributed by atoms with Crippen LogP contribution < -0.4 is 4.74 Å². The molecule has 0 unspecified atom stereocenters. The van der Waals surface area contributed by atoms with Crippen molar-refractivity contribution in [2.45, 2.75) is 52.9 Å². The lowest BCUT2D eigenvalue weighted by molar-refractivity contribution is -0.131. The number of hydrogen-bond acceptors (Lipinski definition) is 2. The lowest BCUT2D eigenvalue weighted by Crippen LogP contribution is -2.04. The Balaban J connectivity index is 2.44. The third-order valence-corrected chi connectivity index (χ3v) is 3.71. The second kappa shape index (κ2) is 5.20. The summed E-state index contributed by atoms with van der Waals surface area (Å²) in [4.78, 5) is 11.1.